The molecular weight excluding hydrogens is 308 g/mol. The van der Waals surface area contributed by atoms with Gasteiger partial charge in [-0.25, -0.2) is 0 Å². The SMILES string of the molecule is COc1ccc(CC(=O)NCCn2c(C)cc(OC)cc2=O)cc1. The second-order valence-corrected chi connectivity index (χ2v) is 5.40. The zero-order valence-electron chi connectivity index (χ0n) is 14.2. The maximum Gasteiger partial charge on any atom is 0.254 e. The van der Waals surface area contributed by atoms with E-state index < -0.39 is 0 Å². The van der Waals surface area contributed by atoms with Crippen molar-refractivity contribution in [3.05, 3.63) is 58.0 Å². The summed E-state index contributed by atoms with van der Waals surface area (Å²) >= 11 is 0. The summed E-state index contributed by atoms with van der Waals surface area (Å²) in [7, 11) is 3.13. The van der Waals surface area contributed by atoms with Gasteiger partial charge in [0.2, 0.25) is 5.91 Å². The van der Waals surface area contributed by atoms with Gasteiger partial charge < -0.3 is 19.4 Å². The van der Waals surface area contributed by atoms with E-state index in [0.29, 0.717) is 25.3 Å². The van der Waals surface area contributed by atoms with Crippen LogP contribution in [-0.2, 0) is 17.8 Å². The second-order valence-electron chi connectivity index (χ2n) is 5.40. The lowest BCUT2D eigenvalue weighted by Gasteiger charge is -2.12. The molecule has 24 heavy (non-hydrogen) atoms. The third kappa shape index (κ3) is 4.62. The van der Waals surface area contributed by atoms with Crippen molar-refractivity contribution in [2.24, 2.45) is 0 Å². The lowest BCUT2D eigenvalue weighted by molar-refractivity contribution is -0.120. The summed E-state index contributed by atoms with van der Waals surface area (Å²) in [5.41, 5.74) is 1.56. The Morgan fingerprint density at radius 3 is 2.33 bits per heavy atom. The highest BCUT2D eigenvalue weighted by Gasteiger charge is 2.06. The molecule has 1 aromatic carbocycles. The zero-order chi connectivity index (χ0) is 17.5. The fraction of sp³-hybridized carbons (Fsp3) is 0.333. The molecule has 128 valence electrons. The van der Waals surface area contributed by atoms with Gasteiger partial charge in [0.1, 0.15) is 11.5 Å². The summed E-state index contributed by atoms with van der Waals surface area (Å²) in [6, 6.07) is 10.6. The molecule has 1 aromatic heterocycles. The molecule has 1 heterocycles. The molecule has 0 fully saturated rings. The molecule has 0 aliphatic rings. The van der Waals surface area contributed by atoms with E-state index in [9.17, 15) is 9.59 Å². The van der Waals surface area contributed by atoms with E-state index >= 15 is 0 Å². The molecule has 2 aromatic rings. The van der Waals surface area contributed by atoms with Crippen molar-refractivity contribution in [2.75, 3.05) is 20.8 Å². The Labute approximate surface area is 141 Å². The van der Waals surface area contributed by atoms with Crippen molar-refractivity contribution in [1.82, 2.24) is 9.88 Å². The van der Waals surface area contributed by atoms with Crippen LogP contribution in [0.2, 0.25) is 0 Å². The van der Waals surface area contributed by atoms with Crippen LogP contribution in [0.5, 0.6) is 11.5 Å². The van der Waals surface area contributed by atoms with Crippen molar-refractivity contribution in [3.8, 4) is 11.5 Å². The zero-order valence-corrected chi connectivity index (χ0v) is 14.2. The molecule has 0 bridgehead atoms. The molecule has 0 radical (unpaired) electrons. The van der Waals surface area contributed by atoms with Gasteiger partial charge in [-0.1, -0.05) is 12.1 Å². The van der Waals surface area contributed by atoms with Crippen LogP contribution in [0, 0.1) is 6.92 Å². The van der Waals surface area contributed by atoms with Crippen LogP contribution >= 0.6 is 0 Å². The number of hydrogen-bond donors (Lipinski definition) is 1. The maximum absolute atomic E-state index is 12.0. The number of carbonyl (C=O) groups is 1. The van der Waals surface area contributed by atoms with Gasteiger partial charge >= 0.3 is 0 Å². The van der Waals surface area contributed by atoms with E-state index in [2.05, 4.69) is 5.32 Å². The standard InChI is InChI=1S/C18H22N2O4/c1-13-10-16(24-3)12-18(22)20(13)9-8-19-17(21)11-14-4-6-15(23-2)7-5-14/h4-7,10,12H,8-9,11H2,1-3H3,(H,19,21). The number of rotatable bonds is 7. The summed E-state index contributed by atoms with van der Waals surface area (Å²) in [5, 5.41) is 2.83. The molecule has 0 atom stereocenters. The maximum atomic E-state index is 12.0. The van der Waals surface area contributed by atoms with E-state index in [-0.39, 0.29) is 11.5 Å². The number of aryl methyl sites for hydroxylation is 1. The monoisotopic (exact) mass is 330 g/mol. The quantitative estimate of drug-likeness (QED) is 0.836. The molecule has 0 saturated heterocycles. The molecule has 0 unspecified atom stereocenters. The van der Waals surface area contributed by atoms with Crippen molar-refractivity contribution in [3.63, 3.8) is 0 Å². The van der Waals surface area contributed by atoms with Gasteiger partial charge in [-0.15, -0.1) is 0 Å². The first kappa shape index (κ1) is 17.6. The molecule has 0 aliphatic heterocycles. The molecule has 2 rings (SSSR count). The third-order valence-electron chi connectivity index (χ3n) is 3.73. The number of carbonyl (C=O) groups excluding carboxylic acids is 1. The number of nitrogens with one attached hydrogen (secondary N) is 1. The predicted octanol–water partition coefficient (Wildman–Crippen LogP) is 1.53. The van der Waals surface area contributed by atoms with Gasteiger partial charge in [0.15, 0.2) is 0 Å². The highest BCUT2D eigenvalue weighted by molar-refractivity contribution is 5.78. The molecule has 0 saturated carbocycles. The Bertz CT molecular complexity index is 751. The number of amides is 1. The van der Waals surface area contributed by atoms with E-state index in [1.54, 1.807) is 17.7 Å². The largest absolute Gasteiger partial charge is 0.497 e. The van der Waals surface area contributed by atoms with Crippen LogP contribution in [-0.4, -0.2) is 31.2 Å². The van der Waals surface area contributed by atoms with Gasteiger partial charge in [0.05, 0.1) is 20.6 Å². The Kier molecular flexibility index (Phi) is 6.01. The average Bonchev–Trinajstić information content (AvgIpc) is 2.57. The Morgan fingerprint density at radius 1 is 1.08 bits per heavy atom. The van der Waals surface area contributed by atoms with E-state index in [4.69, 9.17) is 9.47 Å². The molecule has 6 nitrogen and oxygen atoms in total. The minimum absolute atomic E-state index is 0.0839. The molecule has 6 heteroatoms. The number of aromatic nitrogens is 1. The first-order valence-electron chi connectivity index (χ1n) is 7.68. The van der Waals surface area contributed by atoms with Crippen LogP contribution in [0.15, 0.2) is 41.2 Å². The molecule has 1 amide bonds. The number of methoxy groups -OCH3 is 2. The highest BCUT2D eigenvalue weighted by Crippen LogP contribution is 2.11. The number of ether oxygens (including phenoxy) is 2. The van der Waals surface area contributed by atoms with Crippen molar-refractivity contribution in [2.45, 2.75) is 19.9 Å². The smallest absolute Gasteiger partial charge is 0.254 e. The summed E-state index contributed by atoms with van der Waals surface area (Å²) in [6.45, 7) is 2.65. The van der Waals surface area contributed by atoms with Crippen LogP contribution in [0.25, 0.3) is 0 Å². The second kappa shape index (κ2) is 8.19. The topological polar surface area (TPSA) is 69.6 Å². The van der Waals surface area contributed by atoms with Gasteiger partial charge in [-0.3, -0.25) is 9.59 Å². The van der Waals surface area contributed by atoms with Crippen molar-refractivity contribution >= 4 is 5.91 Å². The minimum Gasteiger partial charge on any atom is -0.497 e. The first-order chi connectivity index (χ1) is 11.5. The summed E-state index contributed by atoms with van der Waals surface area (Å²) < 4.78 is 11.8. The lowest BCUT2D eigenvalue weighted by Crippen LogP contribution is -2.32. The Balaban J connectivity index is 1.87. The average molecular weight is 330 g/mol. The van der Waals surface area contributed by atoms with Crippen LogP contribution < -0.4 is 20.3 Å². The Hall–Kier alpha value is -2.76. The third-order valence-corrected chi connectivity index (χ3v) is 3.73. The first-order valence-corrected chi connectivity index (χ1v) is 7.68. The fourth-order valence-electron chi connectivity index (χ4n) is 2.40. The minimum atomic E-state index is -0.142. The normalized spacial score (nSPS) is 10.3. The van der Waals surface area contributed by atoms with Crippen molar-refractivity contribution < 1.29 is 14.3 Å². The number of pyridine rings is 1. The molecular formula is C18H22N2O4. The van der Waals surface area contributed by atoms with Crippen LogP contribution in [0.1, 0.15) is 11.3 Å². The van der Waals surface area contributed by atoms with E-state index in [1.165, 1.54) is 13.2 Å². The predicted molar refractivity (Wildman–Crippen MR) is 91.7 cm³/mol. The fourth-order valence-corrected chi connectivity index (χ4v) is 2.40. The highest BCUT2D eigenvalue weighted by atomic mass is 16.5. The number of nitrogens with zero attached hydrogens (tertiary/aromatic N) is 1. The van der Waals surface area contributed by atoms with Crippen molar-refractivity contribution in [1.29, 1.82) is 0 Å². The van der Waals surface area contributed by atoms with E-state index in [1.807, 2.05) is 31.2 Å². The summed E-state index contributed by atoms with van der Waals surface area (Å²) in [6.07, 6.45) is 0.292. The molecule has 0 aliphatic carbocycles. The van der Waals surface area contributed by atoms with E-state index in [0.717, 1.165) is 17.0 Å². The summed E-state index contributed by atoms with van der Waals surface area (Å²) in [5.74, 6) is 1.21. The molecule has 0 spiro atoms. The van der Waals surface area contributed by atoms with Gasteiger partial charge in [-0.2, -0.15) is 0 Å². The number of hydrogen-bond acceptors (Lipinski definition) is 4. The van der Waals surface area contributed by atoms with Crippen LogP contribution in [0.3, 0.4) is 0 Å². The lowest BCUT2D eigenvalue weighted by atomic mass is 10.1. The number of benzene rings is 1. The molecule has 1 N–H and O–H groups in total. The van der Waals surface area contributed by atoms with Crippen LogP contribution in [0.4, 0.5) is 0 Å². The summed E-state index contributed by atoms with van der Waals surface area (Å²) in [4.78, 5) is 24.0. The Morgan fingerprint density at radius 2 is 1.75 bits per heavy atom. The van der Waals surface area contributed by atoms with Gasteiger partial charge in [0.25, 0.3) is 5.56 Å². The van der Waals surface area contributed by atoms with Gasteiger partial charge in [-0.05, 0) is 30.7 Å². The van der Waals surface area contributed by atoms with Gasteiger partial charge in [0, 0.05) is 24.8 Å².